The average Bonchev–Trinajstić information content (AvgIpc) is 2.93. The summed E-state index contributed by atoms with van der Waals surface area (Å²) in [6.45, 7) is 3.28. The van der Waals surface area contributed by atoms with E-state index >= 15 is 0 Å². The lowest BCUT2D eigenvalue weighted by molar-refractivity contribution is 0.0953. The molecule has 0 aliphatic rings. The topological polar surface area (TPSA) is 95.1 Å². The zero-order valence-corrected chi connectivity index (χ0v) is 11.2. The van der Waals surface area contributed by atoms with Gasteiger partial charge in [0.2, 0.25) is 0 Å². The van der Waals surface area contributed by atoms with Crippen molar-refractivity contribution in [3.63, 3.8) is 0 Å². The van der Waals surface area contributed by atoms with Gasteiger partial charge >= 0.3 is 0 Å². The summed E-state index contributed by atoms with van der Waals surface area (Å²) in [5.74, 6) is 5.37. The number of pyridine rings is 1. The summed E-state index contributed by atoms with van der Waals surface area (Å²) in [5, 5.41) is 4.17. The van der Waals surface area contributed by atoms with Gasteiger partial charge in [0.05, 0.1) is 23.7 Å². The molecular weight excluding hydrogens is 258 g/mol. The van der Waals surface area contributed by atoms with Gasteiger partial charge in [0.25, 0.3) is 5.91 Å². The summed E-state index contributed by atoms with van der Waals surface area (Å²) in [4.78, 5) is 15.4. The number of rotatable bonds is 6. The summed E-state index contributed by atoms with van der Waals surface area (Å²) in [6, 6.07) is 3.37. The largest absolute Gasteiger partial charge is 0.484 e. The summed E-state index contributed by atoms with van der Waals surface area (Å²) >= 11 is 0. The molecule has 0 radical (unpaired) electrons. The molecule has 0 saturated heterocycles. The maximum Gasteiger partial charge on any atom is 0.266 e. The average molecular weight is 275 g/mol. The van der Waals surface area contributed by atoms with Crippen molar-refractivity contribution in [3.8, 4) is 5.75 Å². The highest BCUT2D eigenvalue weighted by Gasteiger charge is 2.05. The fourth-order valence-corrected chi connectivity index (χ4v) is 1.66. The molecule has 1 amide bonds. The predicted octanol–water partition coefficient (Wildman–Crippen LogP) is 0.871. The monoisotopic (exact) mass is 275 g/mol. The maximum atomic E-state index is 11.2. The van der Waals surface area contributed by atoms with Gasteiger partial charge in [0, 0.05) is 12.7 Å². The number of ether oxygens (including phenoxy) is 1. The van der Waals surface area contributed by atoms with E-state index in [1.165, 1.54) is 6.20 Å². The fourth-order valence-electron chi connectivity index (χ4n) is 1.66. The van der Waals surface area contributed by atoms with Gasteiger partial charge in [0.1, 0.15) is 6.61 Å². The molecule has 0 aliphatic carbocycles. The Labute approximate surface area is 116 Å². The van der Waals surface area contributed by atoms with Crippen LogP contribution in [0.4, 0.5) is 0 Å². The summed E-state index contributed by atoms with van der Waals surface area (Å²) < 4.78 is 7.41. The summed E-state index contributed by atoms with van der Waals surface area (Å²) in [5.41, 5.74) is 3.19. The van der Waals surface area contributed by atoms with Gasteiger partial charge in [-0.2, -0.15) is 5.10 Å². The van der Waals surface area contributed by atoms with E-state index in [2.05, 4.69) is 22.4 Å². The van der Waals surface area contributed by atoms with Gasteiger partial charge in [-0.3, -0.25) is 19.9 Å². The molecule has 0 atom stereocenters. The number of aromatic nitrogens is 3. The van der Waals surface area contributed by atoms with E-state index in [1.54, 1.807) is 18.3 Å². The highest BCUT2D eigenvalue weighted by molar-refractivity contribution is 5.93. The lowest BCUT2D eigenvalue weighted by Gasteiger charge is -2.04. The van der Waals surface area contributed by atoms with E-state index in [0.29, 0.717) is 17.9 Å². The molecule has 7 nitrogen and oxygen atoms in total. The molecule has 0 unspecified atom stereocenters. The standard InChI is InChI=1S/C13H17N5O2/c1-2-5-18-8-12(7-16-18)20-9-11-4-3-10(6-15-11)13(19)17-14/h3-4,6-8H,2,5,9,14H2,1H3,(H,17,19). The predicted molar refractivity (Wildman–Crippen MR) is 72.7 cm³/mol. The molecule has 2 aromatic heterocycles. The third kappa shape index (κ3) is 3.55. The van der Waals surface area contributed by atoms with E-state index in [-0.39, 0.29) is 5.91 Å². The molecular formula is C13H17N5O2. The highest BCUT2D eigenvalue weighted by atomic mass is 16.5. The lowest BCUT2D eigenvalue weighted by atomic mass is 10.2. The number of carbonyl (C=O) groups excluding carboxylic acids is 1. The second-order valence-electron chi connectivity index (χ2n) is 4.24. The normalized spacial score (nSPS) is 10.3. The number of carbonyl (C=O) groups is 1. The number of nitrogens with one attached hydrogen (secondary N) is 1. The molecule has 2 rings (SSSR count). The van der Waals surface area contributed by atoms with Crippen molar-refractivity contribution in [1.82, 2.24) is 20.2 Å². The summed E-state index contributed by atoms with van der Waals surface area (Å²) in [6.07, 6.45) is 6.00. The van der Waals surface area contributed by atoms with Crippen LogP contribution in [0.15, 0.2) is 30.7 Å². The molecule has 2 aromatic rings. The van der Waals surface area contributed by atoms with Crippen LogP contribution in [0.1, 0.15) is 29.4 Å². The molecule has 20 heavy (non-hydrogen) atoms. The lowest BCUT2D eigenvalue weighted by Crippen LogP contribution is -2.30. The minimum atomic E-state index is -0.370. The van der Waals surface area contributed by atoms with Crippen LogP contribution in [0.2, 0.25) is 0 Å². The van der Waals surface area contributed by atoms with Crippen LogP contribution in [0, 0.1) is 0 Å². The van der Waals surface area contributed by atoms with Gasteiger partial charge in [0.15, 0.2) is 5.75 Å². The van der Waals surface area contributed by atoms with E-state index in [9.17, 15) is 4.79 Å². The Hall–Kier alpha value is -2.41. The van der Waals surface area contributed by atoms with Crippen molar-refractivity contribution in [1.29, 1.82) is 0 Å². The Morgan fingerprint density at radius 2 is 2.30 bits per heavy atom. The van der Waals surface area contributed by atoms with Gasteiger partial charge in [-0.15, -0.1) is 0 Å². The number of hydrazine groups is 1. The molecule has 0 aliphatic heterocycles. The smallest absolute Gasteiger partial charge is 0.266 e. The molecule has 106 valence electrons. The maximum absolute atomic E-state index is 11.2. The first-order valence-electron chi connectivity index (χ1n) is 6.34. The zero-order chi connectivity index (χ0) is 14.4. The van der Waals surface area contributed by atoms with Crippen molar-refractivity contribution in [2.45, 2.75) is 26.5 Å². The second-order valence-corrected chi connectivity index (χ2v) is 4.24. The molecule has 0 fully saturated rings. The molecule has 0 aromatic carbocycles. The van der Waals surface area contributed by atoms with Gasteiger partial charge in [-0.1, -0.05) is 6.92 Å². The zero-order valence-electron chi connectivity index (χ0n) is 11.2. The molecule has 3 N–H and O–H groups in total. The Morgan fingerprint density at radius 3 is 2.95 bits per heavy atom. The number of nitrogens with zero attached hydrogens (tertiary/aromatic N) is 3. The van der Waals surface area contributed by atoms with Gasteiger partial charge < -0.3 is 4.74 Å². The first kappa shape index (κ1) is 14.0. The van der Waals surface area contributed by atoms with Gasteiger partial charge in [-0.05, 0) is 18.6 Å². The first-order valence-corrected chi connectivity index (χ1v) is 6.34. The molecule has 2 heterocycles. The summed E-state index contributed by atoms with van der Waals surface area (Å²) in [7, 11) is 0. The number of hydrogen-bond donors (Lipinski definition) is 2. The van der Waals surface area contributed by atoms with Crippen molar-refractivity contribution in [3.05, 3.63) is 42.0 Å². The van der Waals surface area contributed by atoms with E-state index < -0.39 is 0 Å². The highest BCUT2D eigenvalue weighted by Crippen LogP contribution is 2.11. The SMILES string of the molecule is CCCn1cc(OCc2ccc(C(=O)NN)cn2)cn1. The fraction of sp³-hybridized carbons (Fsp3) is 0.308. The second kappa shape index (κ2) is 6.67. The first-order chi connectivity index (χ1) is 9.72. The van der Waals surface area contributed by atoms with Crippen LogP contribution in [-0.2, 0) is 13.2 Å². The molecule has 0 saturated carbocycles. The number of nitrogen functional groups attached to an aromatic ring is 1. The van der Waals surface area contributed by atoms with Crippen LogP contribution < -0.4 is 16.0 Å². The van der Waals surface area contributed by atoms with Crippen molar-refractivity contribution in [2.75, 3.05) is 0 Å². The number of hydrogen-bond acceptors (Lipinski definition) is 5. The minimum absolute atomic E-state index is 0.322. The van der Waals surface area contributed by atoms with Crippen molar-refractivity contribution in [2.24, 2.45) is 5.84 Å². The van der Waals surface area contributed by atoms with Crippen LogP contribution in [0.25, 0.3) is 0 Å². The Morgan fingerprint density at radius 1 is 1.45 bits per heavy atom. The Balaban J connectivity index is 1.91. The van der Waals surface area contributed by atoms with E-state index in [4.69, 9.17) is 10.6 Å². The number of amides is 1. The third-order valence-electron chi connectivity index (χ3n) is 2.67. The van der Waals surface area contributed by atoms with Crippen LogP contribution in [-0.4, -0.2) is 20.7 Å². The van der Waals surface area contributed by atoms with Gasteiger partial charge in [-0.25, -0.2) is 5.84 Å². The van der Waals surface area contributed by atoms with Crippen molar-refractivity contribution < 1.29 is 9.53 Å². The van der Waals surface area contributed by atoms with Crippen LogP contribution >= 0.6 is 0 Å². The Bertz CT molecular complexity index is 564. The van der Waals surface area contributed by atoms with E-state index in [1.807, 2.05) is 10.9 Å². The molecule has 0 spiro atoms. The Kier molecular flexibility index (Phi) is 4.67. The number of aryl methyl sites for hydroxylation is 1. The molecule has 0 bridgehead atoms. The van der Waals surface area contributed by atoms with E-state index in [0.717, 1.165) is 18.7 Å². The molecule has 7 heteroatoms. The quantitative estimate of drug-likeness (QED) is 0.463. The minimum Gasteiger partial charge on any atom is -0.484 e. The van der Waals surface area contributed by atoms with Crippen molar-refractivity contribution >= 4 is 5.91 Å². The van der Waals surface area contributed by atoms with Crippen LogP contribution in [0.5, 0.6) is 5.75 Å². The third-order valence-corrected chi connectivity index (χ3v) is 2.67. The van der Waals surface area contributed by atoms with Crippen LogP contribution in [0.3, 0.4) is 0 Å². The number of nitrogens with two attached hydrogens (primary N) is 1.